The number of hydrogen-bond acceptors (Lipinski definition) is 5. The maximum Gasteiger partial charge on any atom is 0.249 e. The molecule has 110 valence electrons. The Bertz CT molecular complexity index is 522. The zero-order valence-electron chi connectivity index (χ0n) is 12.3. The fourth-order valence-electron chi connectivity index (χ4n) is 2.46. The van der Waals surface area contributed by atoms with Crippen LogP contribution in [0.3, 0.4) is 0 Å². The first-order chi connectivity index (χ1) is 9.43. The number of carbonyl (C=O) groups is 2. The molecular formula is C12H20N6O2. The zero-order valence-corrected chi connectivity index (χ0v) is 12.3. The summed E-state index contributed by atoms with van der Waals surface area (Å²) < 4.78 is 0. The number of hydrogen-bond donors (Lipinski definition) is 1. The predicted molar refractivity (Wildman–Crippen MR) is 70.3 cm³/mol. The lowest BCUT2D eigenvalue weighted by molar-refractivity contribution is -0.155. The highest BCUT2D eigenvalue weighted by Crippen LogP contribution is 2.25. The third-order valence-corrected chi connectivity index (χ3v) is 3.95. The minimum absolute atomic E-state index is 0.0814. The van der Waals surface area contributed by atoms with Crippen LogP contribution in [-0.2, 0) is 23.2 Å². The van der Waals surface area contributed by atoms with Crippen LogP contribution in [0.4, 0.5) is 0 Å². The maximum absolute atomic E-state index is 12.7. The Labute approximate surface area is 117 Å². The molecule has 1 aliphatic heterocycles. The van der Waals surface area contributed by atoms with Gasteiger partial charge in [0.1, 0.15) is 11.6 Å². The molecule has 1 saturated heterocycles. The van der Waals surface area contributed by atoms with Crippen molar-refractivity contribution in [2.24, 2.45) is 7.05 Å². The highest BCUT2D eigenvalue weighted by atomic mass is 16.2. The Morgan fingerprint density at radius 1 is 1.30 bits per heavy atom. The fraction of sp³-hybridized carbons (Fsp3) is 0.750. The van der Waals surface area contributed by atoms with Gasteiger partial charge in [-0.15, -0.1) is 10.2 Å². The maximum atomic E-state index is 12.7. The van der Waals surface area contributed by atoms with Crippen LogP contribution in [0.15, 0.2) is 0 Å². The molecule has 2 heterocycles. The molecule has 8 nitrogen and oxygen atoms in total. The van der Waals surface area contributed by atoms with Gasteiger partial charge in [0.15, 0.2) is 5.82 Å². The second-order valence-corrected chi connectivity index (χ2v) is 5.08. The van der Waals surface area contributed by atoms with E-state index in [0.29, 0.717) is 18.7 Å². The largest absolute Gasteiger partial charge is 0.340 e. The molecule has 0 aromatic carbocycles. The van der Waals surface area contributed by atoms with Crippen molar-refractivity contribution in [3.8, 4) is 0 Å². The monoisotopic (exact) mass is 280 g/mol. The number of carbonyl (C=O) groups excluding carboxylic acids is 2. The molecule has 1 N–H and O–H groups in total. The Hall–Kier alpha value is -1.99. The normalized spacial score (nSPS) is 22.0. The number of aryl methyl sites for hydroxylation is 1. The number of nitrogens with one attached hydrogen (secondary N) is 1. The van der Waals surface area contributed by atoms with Crippen LogP contribution in [0, 0.1) is 0 Å². The summed E-state index contributed by atoms with van der Waals surface area (Å²) in [5.41, 5.74) is -0.814. The third-order valence-electron chi connectivity index (χ3n) is 3.95. The van der Waals surface area contributed by atoms with Gasteiger partial charge in [0.2, 0.25) is 11.8 Å². The van der Waals surface area contributed by atoms with Gasteiger partial charge >= 0.3 is 0 Å². The number of nitrogens with zero attached hydrogens (tertiary/aromatic N) is 5. The molecule has 20 heavy (non-hydrogen) atoms. The van der Waals surface area contributed by atoms with Crippen LogP contribution < -0.4 is 5.32 Å². The van der Waals surface area contributed by atoms with Gasteiger partial charge in [-0.1, -0.05) is 13.8 Å². The van der Waals surface area contributed by atoms with E-state index < -0.39 is 11.6 Å². The van der Waals surface area contributed by atoms with Gasteiger partial charge in [-0.05, 0) is 25.0 Å². The summed E-state index contributed by atoms with van der Waals surface area (Å²) in [6.45, 7) is 5.70. The first kappa shape index (κ1) is 14.4. The van der Waals surface area contributed by atoms with Crippen LogP contribution in [0.5, 0.6) is 0 Å². The lowest BCUT2D eigenvalue weighted by atomic mass is 9.87. The minimum Gasteiger partial charge on any atom is -0.340 e. The SMILES string of the molecule is CCC1(CC)NC(=O)C(C)N(Cc2nnn(C)n2)C1=O. The van der Waals surface area contributed by atoms with Crippen LogP contribution >= 0.6 is 0 Å². The van der Waals surface area contributed by atoms with E-state index in [1.54, 1.807) is 14.0 Å². The van der Waals surface area contributed by atoms with E-state index in [9.17, 15) is 9.59 Å². The molecule has 1 fully saturated rings. The average Bonchev–Trinajstić information content (AvgIpc) is 2.84. The second-order valence-electron chi connectivity index (χ2n) is 5.08. The van der Waals surface area contributed by atoms with Gasteiger partial charge in [-0.3, -0.25) is 9.59 Å². The molecule has 1 aromatic rings. The number of tetrazole rings is 1. The van der Waals surface area contributed by atoms with E-state index in [2.05, 4.69) is 20.7 Å². The summed E-state index contributed by atoms with van der Waals surface area (Å²) in [4.78, 5) is 27.7. The van der Waals surface area contributed by atoms with Crippen molar-refractivity contribution in [2.45, 2.75) is 51.7 Å². The Morgan fingerprint density at radius 2 is 1.95 bits per heavy atom. The highest BCUT2D eigenvalue weighted by Gasteiger charge is 2.47. The van der Waals surface area contributed by atoms with E-state index in [4.69, 9.17) is 0 Å². The number of aromatic nitrogens is 4. The van der Waals surface area contributed by atoms with Crippen molar-refractivity contribution in [3.05, 3.63) is 5.82 Å². The molecule has 1 atom stereocenters. The number of rotatable bonds is 4. The molecule has 0 bridgehead atoms. The van der Waals surface area contributed by atoms with Gasteiger partial charge < -0.3 is 10.2 Å². The van der Waals surface area contributed by atoms with E-state index >= 15 is 0 Å². The summed E-state index contributed by atoms with van der Waals surface area (Å²) in [6.07, 6.45) is 1.12. The summed E-state index contributed by atoms with van der Waals surface area (Å²) >= 11 is 0. The number of amides is 2. The molecule has 1 aromatic heterocycles. The standard InChI is InChI=1S/C12H20N6O2/c1-5-12(6-2)11(20)18(8(3)10(19)13-12)7-9-14-16-17(4)15-9/h8H,5-7H2,1-4H3,(H,13,19). The van der Waals surface area contributed by atoms with Crippen LogP contribution in [-0.4, -0.2) is 48.5 Å². The Kier molecular flexibility index (Phi) is 3.74. The average molecular weight is 280 g/mol. The first-order valence-electron chi connectivity index (χ1n) is 6.79. The van der Waals surface area contributed by atoms with Crippen molar-refractivity contribution >= 4 is 11.8 Å². The van der Waals surface area contributed by atoms with E-state index in [0.717, 1.165) is 0 Å². The molecule has 2 amide bonds. The van der Waals surface area contributed by atoms with Gasteiger partial charge in [0.25, 0.3) is 0 Å². The van der Waals surface area contributed by atoms with Crippen molar-refractivity contribution in [1.29, 1.82) is 0 Å². The molecule has 0 spiro atoms. The fourth-order valence-corrected chi connectivity index (χ4v) is 2.46. The van der Waals surface area contributed by atoms with Crippen LogP contribution in [0.1, 0.15) is 39.4 Å². The van der Waals surface area contributed by atoms with E-state index in [1.165, 1.54) is 9.70 Å². The molecule has 1 unspecified atom stereocenters. The van der Waals surface area contributed by atoms with Gasteiger partial charge in [-0.25, -0.2) is 0 Å². The molecule has 0 aliphatic carbocycles. The van der Waals surface area contributed by atoms with Gasteiger partial charge in [0.05, 0.1) is 13.6 Å². The van der Waals surface area contributed by atoms with E-state index in [-0.39, 0.29) is 18.4 Å². The van der Waals surface area contributed by atoms with Crippen LogP contribution in [0.2, 0.25) is 0 Å². The minimum atomic E-state index is -0.814. The van der Waals surface area contributed by atoms with Crippen molar-refractivity contribution < 1.29 is 9.59 Å². The molecular weight excluding hydrogens is 260 g/mol. The number of piperazine rings is 1. The first-order valence-corrected chi connectivity index (χ1v) is 6.79. The molecule has 1 aliphatic rings. The van der Waals surface area contributed by atoms with E-state index in [1.807, 2.05) is 13.8 Å². The molecule has 2 rings (SSSR count). The Morgan fingerprint density at radius 3 is 2.45 bits per heavy atom. The topological polar surface area (TPSA) is 93.0 Å². The summed E-state index contributed by atoms with van der Waals surface area (Å²) in [7, 11) is 1.66. The van der Waals surface area contributed by atoms with Gasteiger partial charge in [-0.2, -0.15) is 4.80 Å². The molecule has 0 radical (unpaired) electrons. The smallest absolute Gasteiger partial charge is 0.249 e. The van der Waals surface area contributed by atoms with Crippen molar-refractivity contribution in [2.75, 3.05) is 0 Å². The van der Waals surface area contributed by atoms with Crippen molar-refractivity contribution in [3.63, 3.8) is 0 Å². The quantitative estimate of drug-likeness (QED) is 0.811. The summed E-state index contributed by atoms with van der Waals surface area (Å²) in [5, 5.41) is 14.5. The predicted octanol–water partition coefficient (Wildman–Crippen LogP) is -0.384. The lowest BCUT2D eigenvalue weighted by Crippen LogP contribution is -2.69. The van der Waals surface area contributed by atoms with Gasteiger partial charge in [0, 0.05) is 0 Å². The van der Waals surface area contributed by atoms with Crippen LogP contribution in [0.25, 0.3) is 0 Å². The molecule has 8 heteroatoms. The molecule has 0 saturated carbocycles. The third kappa shape index (κ3) is 2.25. The zero-order chi connectivity index (χ0) is 14.9. The summed E-state index contributed by atoms with van der Waals surface area (Å²) in [6, 6.07) is -0.530. The van der Waals surface area contributed by atoms with Crippen molar-refractivity contribution in [1.82, 2.24) is 30.4 Å². The second kappa shape index (κ2) is 5.18. The lowest BCUT2D eigenvalue weighted by Gasteiger charge is -2.44. The Balaban J connectivity index is 2.28. The summed E-state index contributed by atoms with van der Waals surface area (Å²) in [5.74, 6) is 0.211. The highest BCUT2D eigenvalue weighted by molar-refractivity contribution is 5.99.